The summed E-state index contributed by atoms with van der Waals surface area (Å²) in [6.45, 7) is 5.55. The Hall–Kier alpha value is -3.04. The highest BCUT2D eigenvalue weighted by atomic mass is 35.5. The van der Waals surface area contributed by atoms with Crippen LogP contribution in [0.1, 0.15) is 20.8 Å². The second-order valence-electron chi connectivity index (χ2n) is 6.50. The second kappa shape index (κ2) is 12.3. The van der Waals surface area contributed by atoms with Gasteiger partial charge in [-0.3, -0.25) is 9.59 Å². The number of azo groups is 1. The third kappa shape index (κ3) is 6.49. The van der Waals surface area contributed by atoms with Gasteiger partial charge >= 0.3 is 0 Å². The zero-order valence-corrected chi connectivity index (χ0v) is 20.4. The molecule has 0 bridgehead atoms. The fourth-order valence-electron chi connectivity index (χ4n) is 2.81. The van der Waals surface area contributed by atoms with E-state index < -0.39 is 17.7 Å². The lowest BCUT2D eigenvalue weighted by molar-refractivity contribution is -0.126. The Kier molecular flexibility index (Phi) is 9.74. The van der Waals surface area contributed by atoms with Crippen LogP contribution in [0, 0.1) is 0 Å². The minimum absolute atomic E-state index is 0.151. The van der Waals surface area contributed by atoms with Crippen molar-refractivity contribution in [2.45, 2.75) is 26.8 Å². The molecule has 9 nitrogen and oxygen atoms in total. The Labute approximate surface area is 202 Å². The van der Waals surface area contributed by atoms with Crippen LogP contribution in [0.3, 0.4) is 0 Å². The van der Waals surface area contributed by atoms with Gasteiger partial charge in [0.1, 0.15) is 5.69 Å². The molecule has 11 heteroatoms. The average Bonchev–Trinajstić information content (AvgIpc) is 2.76. The fraction of sp³-hybridized carbons (Fsp3) is 0.364. The number of carbonyl (C=O) groups is 2. The first-order valence-electron chi connectivity index (χ1n) is 9.99. The lowest BCUT2D eigenvalue weighted by Gasteiger charge is -2.15. The van der Waals surface area contributed by atoms with E-state index in [0.717, 1.165) is 0 Å². The normalized spacial score (nSPS) is 11.7. The highest BCUT2D eigenvalue weighted by molar-refractivity contribution is 6.33. The van der Waals surface area contributed by atoms with Gasteiger partial charge < -0.3 is 24.3 Å². The van der Waals surface area contributed by atoms with Gasteiger partial charge in [-0.15, -0.1) is 5.11 Å². The summed E-state index contributed by atoms with van der Waals surface area (Å²) in [5.41, 5.74) is 0.438. The van der Waals surface area contributed by atoms with Gasteiger partial charge in [0.2, 0.25) is 6.04 Å². The van der Waals surface area contributed by atoms with Crippen molar-refractivity contribution in [3.8, 4) is 23.0 Å². The van der Waals surface area contributed by atoms with Gasteiger partial charge in [-0.2, -0.15) is 5.11 Å². The molecule has 0 aliphatic heterocycles. The number of amides is 1. The van der Waals surface area contributed by atoms with E-state index >= 15 is 0 Å². The van der Waals surface area contributed by atoms with E-state index in [4.69, 9.17) is 42.1 Å². The van der Waals surface area contributed by atoms with Crippen LogP contribution >= 0.6 is 23.2 Å². The number of halogens is 2. The number of nitrogens with one attached hydrogen (secondary N) is 1. The molecule has 1 unspecified atom stereocenters. The summed E-state index contributed by atoms with van der Waals surface area (Å²) in [6.07, 6.45) is 0. The number of benzene rings is 2. The van der Waals surface area contributed by atoms with Crippen LogP contribution in [0.2, 0.25) is 10.0 Å². The maximum Gasteiger partial charge on any atom is 0.258 e. The van der Waals surface area contributed by atoms with Crippen LogP contribution in [-0.2, 0) is 9.59 Å². The number of hydrogen-bond donors (Lipinski definition) is 1. The van der Waals surface area contributed by atoms with Crippen LogP contribution in [-0.4, -0.2) is 45.2 Å². The fourth-order valence-corrected chi connectivity index (χ4v) is 3.28. The van der Waals surface area contributed by atoms with Crippen LogP contribution in [0.4, 0.5) is 11.4 Å². The molecule has 1 atom stereocenters. The molecular weight excluding hydrogens is 473 g/mol. The third-order valence-electron chi connectivity index (χ3n) is 4.24. The summed E-state index contributed by atoms with van der Waals surface area (Å²) in [5.74, 6) is 0.0587. The molecule has 0 spiro atoms. The smallest absolute Gasteiger partial charge is 0.258 e. The first-order valence-corrected chi connectivity index (χ1v) is 10.7. The molecule has 2 rings (SSSR count). The zero-order valence-electron chi connectivity index (χ0n) is 18.9. The molecule has 33 heavy (non-hydrogen) atoms. The van der Waals surface area contributed by atoms with Gasteiger partial charge in [-0.25, -0.2) is 0 Å². The van der Waals surface area contributed by atoms with E-state index in [1.165, 1.54) is 33.3 Å². The van der Waals surface area contributed by atoms with E-state index in [1.54, 1.807) is 19.1 Å². The molecule has 1 amide bonds. The van der Waals surface area contributed by atoms with E-state index in [2.05, 4.69) is 15.5 Å². The van der Waals surface area contributed by atoms with Crippen LogP contribution < -0.4 is 24.3 Å². The molecule has 0 heterocycles. The van der Waals surface area contributed by atoms with Crippen molar-refractivity contribution in [3.63, 3.8) is 0 Å². The molecule has 0 saturated heterocycles. The summed E-state index contributed by atoms with van der Waals surface area (Å²) in [6, 6.07) is 4.74. The summed E-state index contributed by atoms with van der Waals surface area (Å²) in [4.78, 5) is 25.0. The van der Waals surface area contributed by atoms with Crippen molar-refractivity contribution in [1.29, 1.82) is 0 Å². The highest BCUT2D eigenvalue weighted by Gasteiger charge is 2.25. The lowest BCUT2D eigenvalue weighted by Crippen LogP contribution is -2.31. The standard InChI is InChI=1S/C22H25Cl2N3O6/c1-6-32-16-9-8-14(23)19(21(16)33-7-2)27-26-18(12(3)28)22(29)25-13-10-15(24)20(31-5)17(11-13)30-4/h8-11,18H,6-7H2,1-5H3,(H,25,29). The molecular formula is C22H25Cl2N3O6. The van der Waals surface area contributed by atoms with Gasteiger partial charge in [0, 0.05) is 11.8 Å². The number of rotatable bonds is 11. The van der Waals surface area contributed by atoms with E-state index in [0.29, 0.717) is 30.5 Å². The Balaban J connectivity index is 2.37. The Morgan fingerprint density at radius 2 is 1.67 bits per heavy atom. The zero-order chi connectivity index (χ0) is 24.5. The van der Waals surface area contributed by atoms with Crippen LogP contribution in [0.15, 0.2) is 34.5 Å². The Bertz CT molecular complexity index is 1050. The predicted octanol–water partition coefficient (Wildman–Crippen LogP) is 5.49. The quantitative estimate of drug-likeness (QED) is 0.324. The van der Waals surface area contributed by atoms with Gasteiger partial charge in [0.05, 0.1) is 37.5 Å². The molecule has 178 valence electrons. The Morgan fingerprint density at radius 3 is 2.24 bits per heavy atom. The van der Waals surface area contributed by atoms with Crippen LogP contribution in [0.5, 0.6) is 23.0 Å². The molecule has 2 aromatic carbocycles. The minimum atomic E-state index is -1.45. The molecule has 0 aromatic heterocycles. The number of anilines is 1. The monoisotopic (exact) mass is 497 g/mol. The summed E-state index contributed by atoms with van der Waals surface area (Å²) < 4.78 is 21.6. The van der Waals surface area contributed by atoms with Crippen LogP contribution in [0.25, 0.3) is 0 Å². The van der Waals surface area contributed by atoms with Crippen molar-refractivity contribution < 1.29 is 28.5 Å². The lowest BCUT2D eigenvalue weighted by atomic mass is 10.2. The number of carbonyl (C=O) groups excluding carboxylic acids is 2. The molecule has 0 saturated carbocycles. The highest BCUT2D eigenvalue weighted by Crippen LogP contribution is 2.43. The number of ketones is 1. The molecule has 2 aromatic rings. The van der Waals surface area contributed by atoms with Crippen molar-refractivity contribution >= 4 is 46.3 Å². The Morgan fingerprint density at radius 1 is 0.970 bits per heavy atom. The van der Waals surface area contributed by atoms with E-state index in [1.807, 2.05) is 6.92 Å². The topological polar surface area (TPSA) is 108 Å². The van der Waals surface area contributed by atoms with Crippen molar-refractivity contribution in [3.05, 3.63) is 34.3 Å². The average molecular weight is 498 g/mol. The van der Waals surface area contributed by atoms with Crippen molar-refractivity contribution in [2.75, 3.05) is 32.8 Å². The largest absolute Gasteiger partial charge is 0.493 e. The van der Waals surface area contributed by atoms with Gasteiger partial charge in [0.15, 0.2) is 28.8 Å². The van der Waals surface area contributed by atoms with Gasteiger partial charge in [-0.1, -0.05) is 23.2 Å². The third-order valence-corrected chi connectivity index (χ3v) is 4.83. The first-order chi connectivity index (χ1) is 15.8. The van der Waals surface area contributed by atoms with Gasteiger partial charge in [-0.05, 0) is 39.0 Å². The molecule has 1 N–H and O–H groups in total. The predicted molar refractivity (Wildman–Crippen MR) is 126 cm³/mol. The van der Waals surface area contributed by atoms with Crippen molar-refractivity contribution in [2.24, 2.45) is 10.2 Å². The minimum Gasteiger partial charge on any atom is -0.493 e. The number of hydrogen-bond acceptors (Lipinski definition) is 8. The SMILES string of the molecule is CCOc1ccc(Cl)c(N=NC(C(C)=O)C(=O)Nc2cc(Cl)c(OC)c(OC)c2)c1OCC. The number of Topliss-reactive ketones (excluding diaryl/α,β-unsaturated/α-hetero) is 1. The van der Waals surface area contributed by atoms with E-state index in [9.17, 15) is 9.59 Å². The number of methoxy groups -OCH3 is 2. The number of nitrogens with zero attached hydrogens (tertiary/aromatic N) is 2. The van der Waals surface area contributed by atoms with E-state index in [-0.39, 0.29) is 27.2 Å². The molecule has 0 radical (unpaired) electrons. The second-order valence-corrected chi connectivity index (χ2v) is 7.32. The summed E-state index contributed by atoms with van der Waals surface area (Å²) in [7, 11) is 2.87. The first kappa shape index (κ1) is 26.2. The summed E-state index contributed by atoms with van der Waals surface area (Å²) >= 11 is 12.5. The molecule has 0 aliphatic rings. The molecule has 0 aliphatic carbocycles. The summed E-state index contributed by atoms with van der Waals surface area (Å²) in [5, 5.41) is 11.0. The maximum absolute atomic E-state index is 12.8. The number of ether oxygens (including phenoxy) is 4. The van der Waals surface area contributed by atoms with Crippen molar-refractivity contribution in [1.82, 2.24) is 0 Å². The van der Waals surface area contributed by atoms with Gasteiger partial charge in [0.25, 0.3) is 5.91 Å². The molecule has 0 fully saturated rings. The maximum atomic E-state index is 12.8.